The molecule has 0 unspecified atom stereocenters. The lowest BCUT2D eigenvalue weighted by molar-refractivity contribution is 0.347. The highest BCUT2D eigenvalue weighted by Crippen LogP contribution is 2.28. The lowest BCUT2D eigenvalue weighted by atomic mass is 9.92. The topological polar surface area (TPSA) is 67.2 Å². The maximum absolute atomic E-state index is 13.1. The molecule has 1 aliphatic heterocycles. The fourth-order valence-corrected chi connectivity index (χ4v) is 5.39. The zero-order valence-electron chi connectivity index (χ0n) is 17.4. The molecule has 1 aromatic heterocycles. The Hall–Kier alpha value is -1.86. The lowest BCUT2D eigenvalue weighted by Crippen LogP contribution is -2.27. The summed E-state index contributed by atoms with van der Waals surface area (Å²) in [4.78, 5) is 0.319. The van der Waals surface area contributed by atoms with Gasteiger partial charge in [-0.3, -0.25) is 8.99 Å². The number of piperidine rings is 1. The van der Waals surface area contributed by atoms with Gasteiger partial charge in [0, 0.05) is 14.1 Å². The van der Waals surface area contributed by atoms with Crippen LogP contribution in [-0.2, 0) is 23.5 Å². The molecule has 1 aromatic carbocycles. The number of benzene rings is 1. The number of nitrogens with zero attached hydrogens (tertiary/aromatic N) is 3. The van der Waals surface area contributed by atoms with Gasteiger partial charge in [0.25, 0.3) is 10.0 Å². The molecule has 154 valence electrons. The van der Waals surface area contributed by atoms with Gasteiger partial charge < -0.3 is 5.32 Å². The Morgan fingerprint density at radius 1 is 1.18 bits per heavy atom. The van der Waals surface area contributed by atoms with Gasteiger partial charge in [-0.15, -0.1) is 0 Å². The minimum Gasteiger partial charge on any atom is -0.317 e. The summed E-state index contributed by atoms with van der Waals surface area (Å²) < 4.78 is 29.2. The number of hydrogen-bond donors (Lipinski definition) is 1. The summed E-state index contributed by atoms with van der Waals surface area (Å²) >= 11 is 0. The van der Waals surface area contributed by atoms with Crippen molar-refractivity contribution in [2.45, 2.75) is 50.8 Å². The Labute approximate surface area is 169 Å². The van der Waals surface area contributed by atoms with E-state index in [1.54, 1.807) is 23.9 Å². The predicted octanol–water partition coefficient (Wildman–Crippen LogP) is 3.18. The first kappa shape index (κ1) is 20.9. The summed E-state index contributed by atoms with van der Waals surface area (Å²) in [7, 11) is -0.184. The van der Waals surface area contributed by atoms with Gasteiger partial charge in [0.1, 0.15) is 0 Å². The molecule has 0 amide bonds. The van der Waals surface area contributed by atoms with Crippen molar-refractivity contribution in [1.82, 2.24) is 15.1 Å². The van der Waals surface area contributed by atoms with E-state index in [-0.39, 0.29) is 0 Å². The molecule has 7 heteroatoms. The van der Waals surface area contributed by atoms with Crippen LogP contribution in [0.5, 0.6) is 0 Å². The highest BCUT2D eigenvalue weighted by Gasteiger charge is 2.26. The number of anilines is 1. The van der Waals surface area contributed by atoms with Gasteiger partial charge in [0.15, 0.2) is 0 Å². The van der Waals surface area contributed by atoms with Crippen LogP contribution in [0.3, 0.4) is 0 Å². The third-order valence-corrected chi connectivity index (χ3v) is 7.68. The maximum atomic E-state index is 13.1. The molecule has 0 spiro atoms. The van der Waals surface area contributed by atoms with Crippen LogP contribution < -0.4 is 9.62 Å². The maximum Gasteiger partial charge on any atom is 0.264 e. The van der Waals surface area contributed by atoms with E-state index in [0.717, 1.165) is 37.5 Å². The lowest BCUT2D eigenvalue weighted by Gasteiger charge is -2.22. The van der Waals surface area contributed by atoms with Crippen LogP contribution in [0.2, 0.25) is 0 Å². The van der Waals surface area contributed by atoms with E-state index in [4.69, 9.17) is 0 Å². The minimum atomic E-state index is -3.61. The van der Waals surface area contributed by atoms with Crippen molar-refractivity contribution in [3.63, 3.8) is 0 Å². The molecule has 1 N–H and O–H groups in total. The third kappa shape index (κ3) is 4.41. The highest BCUT2D eigenvalue weighted by molar-refractivity contribution is 7.92. The summed E-state index contributed by atoms with van der Waals surface area (Å²) in [6.07, 6.45) is 5.96. The van der Waals surface area contributed by atoms with Crippen molar-refractivity contribution >= 4 is 15.7 Å². The third-order valence-electron chi connectivity index (χ3n) is 5.90. The van der Waals surface area contributed by atoms with Crippen LogP contribution in [0.1, 0.15) is 42.6 Å². The van der Waals surface area contributed by atoms with Gasteiger partial charge in [0.05, 0.1) is 22.0 Å². The van der Waals surface area contributed by atoms with Crippen molar-refractivity contribution in [3.8, 4) is 0 Å². The van der Waals surface area contributed by atoms with Gasteiger partial charge in [-0.1, -0.05) is 18.6 Å². The molecule has 3 rings (SSSR count). The van der Waals surface area contributed by atoms with Crippen molar-refractivity contribution in [3.05, 3.63) is 41.2 Å². The zero-order chi connectivity index (χ0) is 20.3. The van der Waals surface area contributed by atoms with E-state index in [1.165, 1.54) is 29.1 Å². The fourth-order valence-electron chi connectivity index (χ4n) is 4.09. The van der Waals surface area contributed by atoms with E-state index in [2.05, 4.69) is 10.4 Å². The van der Waals surface area contributed by atoms with E-state index in [1.807, 2.05) is 33.0 Å². The minimum absolute atomic E-state index is 0.319. The molecule has 1 aliphatic rings. The summed E-state index contributed by atoms with van der Waals surface area (Å²) in [5.74, 6) is 0.834. The predicted molar refractivity (Wildman–Crippen MR) is 113 cm³/mol. The Kier molecular flexibility index (Phi) is 6.45. The van der Waals surface area contributed by atoms with Crippen LogP contribution in [0, 0.1) is 19.8 Å². The molecule has 0 saturated carbocycles. The summed E-state index contributed by atoms with van der Waals surface area (Å²) in [5, 5.41) is 7.74. The second-order valence-corrected chi connectivity index (χ2v) is 9.81. The van der Waals surface area contributed by atoms with Crippen LogP contribution in [-0.4, -0.2) is 38.3 Å². The van der Waals surface area contributed by atoms with E-state index in [9.17, 15) is 8.42 Å². The molecule has 0 aliphatic carbocycles. The number of hydrogen-bond acceptors (Lipinski definition) is 4. The second-order valence-electron chi connectivity index (χ2n) is 7.85. The first-order valence-corrected chi connectivity index (χ1v) is 11.5. The van der Waals surface area contributed by atoms with Gasteiger partial charge in [0.2, 0.25) is 0 Å². The molecule has 0 radical (unpaired) electrons. The second kappa shape index (κ2) is 8.66. The quantitative estimate of drug-likeness (QED) is 0.770. The molecule has 2 aromatic rings. The Morgan fingerprint density at radius 2 is 1.82 bits per heavy atom. The number of rotatable bonds is 7. The average molecular weight is 405 g/mol. The standard InChI is InChI=1S/C21H32N4O2S/c1-16-21(17(2)24(3)23-16)25(4)28(26,27)20-10-8-18(9-11-20)6-5-7-19-12-14-22-15-13-19/h8-11,19,22H,5-7,12-15H2,1-4H3. The van der Waals surface area contributed by atoms with Crippen molar-refractivity contribution in [1.29, 1.82) is 0 Å². The SMILES string of the molecule is Cc1nn(C)c(C)c1N(C)S(=O)(=O)c1ccc(CCCC2CCNCC2)cc1. The molecular formula is C21H32N4O2S. The normalized spacial score (nSPS) is 15.7. The molecule has 1 saturated heterocycles. The summed E-state index contributed by atoms with van der Waals surface area (Å²) in [5.41, 5.74) is 3.39. The van der Waals surface area contributed by atoms with Crippen molar-refractivity contribution < 1.29 is 8.42 Å². The van der Waals surface area contributed by atoms with E-state index < -0.39 is 10.0 Å². The van der Waals surface area contributed by atoms with Crippen LogP contribution >= 0.6 is 0 Å². The monoisotopic (exact) mass is 404 g/mol. The largest absolute Gasteiger partial charge is 0.317 e. The highest BCUT2D eigenvalue weighted by atomic mass is 32.2. The van der Waals surface area contributed by atoms with Gasteiger partial charge in [-0.05, 0) is 76.2 Å². The van der Waals surface area contributed by atoms with Gasteiger partial charge >= 0.3 is 0 Å². The molecule has 6 nitrogen and oxygen atoms in total. The zero-order valence-corrected chi connectivity index (χ0v) is 18.2. The Balaban J connectivity index is 1.66. The number of sulfonamides is 1. The molecular weight excluding hydrogens is 372 g/mol. The first-order valence-electron chi connectivity index (χ1n) is 10.1. The fraction of sp³-hybridized carbons (Fsp3) is 0.571. The molecule has 2 heterocycles. The Bertz CT molecular complexity index is 897. The van der Waals surface area contributed by atoms with Crippen molar-refractivity contribution in [2.75, 3.05) is 24.4 Å². The average Bonchev–Trinajstić information content (AvgIpc) is 2.94. The summed E-state index contributed by atoms with van der Waals surface area (Å²) in [6.45, 7) is 5.99. The molecule has 0 bridgehead atoms. The molecule has 1 fully saturated rings. The van der Waals surface area contributed by atoms with E-state index >= 15 is 0 Å². The first-order chi connectivity index (χ1) is 13.3. The van der Waals surface area contributed by atoms with Crippen molar-refractivity contribution in [2.24, 2.45) is 13.0 Å². The molecule has 0 atom stereocenters. The Morgan fingerprint density at radius 3 is 2.39 bits per heavy atom. The number of nitrogens with one attached hydrogen (secondary N) is 1. The van der Waals surface area contributed by atoms with Crippen LogP contribution in [0.25, 0.3) is 0 Å². The smallest absolute Gasteiger partial charge is 0.264 e. The van der Waals surface area contributed by atoms with Crippen LogP contribution in [0.15, 0.2) is 29.2 Å². The number of aryl methyl sites for hydroxylation is 3. The summed E-state index contributed by atoms with van der Waals surface area (Å²) in [6, 6.07) is 7.36. The van der Waals surface area contributed by atoms with E-state index in [0.29, 0.717) is 16.3 Å². The molecule has 28 heavy (non-hydrogen) atoms. The van der Waals surface area contributed by atoms with Gasteiger partial charge in [-0.2, -0.15) is 5.10 Å². The van der Waals surface area contributed by atoms with Crippen LogP contribution in [0.4, 0.5) is 5.69 Å². The number of aromatic nitrogens is 2. The van der Waals surface area contributed by atoms with Gasteiger partial charge in [-0.25, -0.2) is 8.42 Å².